The van der Waals surface area contributed by atoms with Gasteiger partial charge in [-0.2, -0.15) is 0 Å². The first-order valence-electron chi connectivity index (χ1n) is 11.2. The van der Waals surface area contributed by atoms with E-state index >= 15 is 0 Å². The van der Waals surface area contributed by atoms with E-state index in [0.29, 0.717) is 17.3 Å². The lowest BCUT2D eigenvalue weighted by Crippen LogP contribution is -2.35. The van der Waals surface area contributed by atoms with Crippen LogP contribution < -0.4 is 9.46 Å². The molecule has 1 aliphatic heterocycles. The van der Waals surface area contributed by atoms with Crippen LogP contribution in [0.25, 0.3) is 11.5 Å². The van der Waals surface area contributed by atoms with Crippen LogP contribution in [0.1, 0.15) is 44.3 Å². The molecule has 3 atom stereocenters. The minimum Gasteiger partial charge on any atom is -0.489 e. The van der Waals surface area contributed by atoms with Crippen LogP contribution in [-0.4, -0.2) is 69.8 Å². The van der Waals surface area contributed by atoms with Crippen molar-refractivity contribution >= 4 is 16.0 Å². The Labute approximate surface area is 204 Å². The molecule has 0 bridgehead atoms. The van der Waals surface area contributed by atoms with Crippen LogP contribution in [0.15, 0.2) is 30.7 Å². The third-order valence-electron chi connectivity index (χ3n) is 5.46. The molecule has 35 heavy (non-hydrogen) atoms. The van der Waals surface area contributed by atoms with Gasteiger partial charge in [-0.05, 0) is 45.4 Å². The molecular formula is C22H29N7O5S. The van der Waals surface area contributed by atoms with Gasteiger partial charge in [0.05, 0.1) is 18.8 Å². The molecule has 0 aliphatic carbocycles. The van der Waals surface area contributed by atoms with E-state index < -0.39 is 27.4 Å². The molecule has 0 spiro atoms. The molecule has 1 N–H and O–H groups in total. The van der Waals surface area contributed by atoms with E-state index in [1.165, 1.54) is 0 Å². The number of sulfonamides is 1. The lowest BCUT2D eigenvalue weighted by molar-refractivity contribution is 0.00152. The first-order chi connectivity index (χ1) is 16.7. The fraction of sp³-hybridized carbons (Fsp3) is 0.500. The Morgan fingerprint density at radius 1 is 1.20 bits per heavy atom. The maximum atomic E-state index is 13.5. The summed E-state index contributed by atoms with van der Waals surface area (Å²) < 4.78 is 48.5. The molecule has 12 nitrogen and oxygen atoms in total. The largest absolute Gasteiger partial charge is 0.489 e. The summed E-state index contributed by atoms with van der Waals surface area (Å²) in [6, 6.07) is 3.14. The fourth-order valence-electron chi connectivity index (χ4n) is 3.73. The normalized spacial score (nSPS) is 17.1. The van der Waals surface area contributed by atoms with Crippen LogP contribution in [-0.2, 0) is 19.5 Å². The van der Waals surface area contributed by atoms with Gasteiger partial charge in [-0.25, -0.2) is 23.4 Å². The van der Waals surface area contributed by atoms with Crippen molar-refractivity contribution in [1.82, 2.24) is 29.7 Å². The number of aryl methyl sites for hydroxylation is 1. The highest BCUT2D eigenvalue weighted by Crippen LogP contribution is 2.35. The Morgan fingerprint density at radius 3 is 2.63 bits per heavy atom. The van der Waals surface area contributed by atoms with Gasteiger partial charge in [-0.3, -0.25) is 9.29 Å². The predicted molar refractivity (Wildman–Crippen MR) is 127 cm³/mol. The van der Waals surface area contributed by atoms with Crippen molar-refractivity contribution in [3.05, 3.63) is 42.1 Å². The number of fused-ring (bicyclic) bond motifs is 3. The molecule has 0 aromatic carbocycles. The topological polar surface area (TPSA) is 143 Å². The molecule has 3 aromatic rings. The number of anilines is 1. The predicted octanol–water partition coefficient (Wildman–Crippen LogP) is 2.31. The van der Waals surface area contributed by atoms with Crippen LogP contribution in [0.2, 0.25) is 0 Å². The maximum Gasteiger partial charge on any atom is 0.240 e. The summed E-state index contributed by atoms with van der Waals surface area (Å²) in [6.07, 6.45) is 3.71. The number of pyridine rings is 1. The standard InChI is InChI=1S/C22H29N7O5S/c1-13(2)34-19(20-24-9-14(3)10-25-20)15(4)35(30,31)28-22-27-26-21-18-17(7-6-8-23-18)33-12-16(11-32-5)29(21)22/h6-10,13,15-16,19H,11-12H2,1-5H3,(H,27,28)/t15-,16+,19+/m0/s1. The van der Waals surface area contributed by atoms with Crippen LogP contribution in [0.5, 0.6) is 5.75 Å². The molecular weight excluding hydrogens is 474 g/mol. The number of ether oxygens (including phenoxy) is 3. The summed E-state index contributed by atoms with van der Waals surface area (Å²) in [5.41, 5.74) is 1.32. The summed E-state index contributed by atoms with van der Waals surface area (Å²) in [7, 11) is -2.47. The van der Waals surface area contributed by atoms with Crippen molar-refractivity contribution in [2.24, 2.45) is 0 Å². The average Bonchev–Trinajstić information content (AvgIpc) is 3.15. The molecule has 0 fully saturated rings. The quantitative estimate of drug-likeness (QED) is 0.462. The number of methoxy groups -OCH3 is 1. The third kappa shape index (κ3) is 5.26. The molecule has 0 amide bonds. The monoisotopic (exact) mass is 503 g/mol. The van der Waals surface area contributed by atoms with Crippen LogP contribution in [0, 0.1) is 6.92 Å². The van der Waals surface area contributed by atoms with E-state index in [2.05, 4.69) is 29.9 Å². The Balaban J connectivity index is 1.70. The first kappa shape index (κ1) is 24.9. The second kappa shape index (κ2) is 10.2. The summed E-state index contributed by atoms with van der Waals surface area (Å²) in [5, 5.41) is 7.32. The van der Waals surface area contributed by atoms with Gasteiger partial charge in [0.25, 0.3) is 0 Å². The number of rotatable bonds is 9. The Morgan fingerprint density at radius 2 is 1.94 bits per heavy atom. The zero-order valence-corrected chi connectivity index (χ0v) is 21.1. The maximum absolute atomic E-state index is 13.5. The Bertz CT molecular complexity index is 1260. The number of aromatic nitrogens is 6. The number of hydrogen-bond acceptors (Lipinski definition) is 10. The molecule has 4 rings (SSSR count). The molecule has 3 aromatic heterocycles. The highest BCUT2D eigenvalue weighted by molar-refractivity contribution is 7.93. The Hall–Kier alpha value is -3.16. The minimum atomic E-state index is -4.03. The summed E-state index contributed by atoms with van der Waals surface area (Å²) in [5.74, 6) is 1.22. The molecule has 0 unspecified atom stereocenters. The molecule has 188 valence electrons. The fourth-order valence-corrected chi connectivity index (χ4v) is 4.82. The van der Waals surface area contributed by atoms with Crippen LogP contribution in [0.4, 0.5) is 5.95 Å². The van der Waals surface area contributed by atoms with Crippen molar-refractivity contribution in [1.29, 1.82) is 0 Å². The summed E-state index contributed by atoms with van der Waals surface area (Å²) in [6.45, 7) is 7.52. The molecule has 13 heteroatoms. The number of nitrogens with zero attached hydrogens (tertiary/aromatic N) is 6. The van der Waals surface area contributed by atoms with Gasteiger partial charge >= 0.3 is 0 Å². The molecule has 1 aliphatic rings. The molecule has 4 heterocycles. The number of nitrogens with one attached hydrogen (secondary N) is 1. The van der Waals surface area contributed by atoms with Gasteiger partial charge in [0, 0.05) is 25.7 Å². The minimum absolute atomic E-state index is 0.0316. The second-order valence-corrected chi connectivity index (χ2v) is 10.6. The SMILES string of the molecule is COC[C@@H]1COc2cccnc2-c2nnc(NS(=O)(=O)[C@@H](C)[C@@H](OC(C)C)c3ncc(C)cn3)n21. The van der Waals surface area contributed by atoms with E-state index in [1.54, 1.807) is 49.3 Å². The van der Waals surface area contributed by atoms with Gasteiger partial charge in [0.1, 0.15) is 29.4 Å². The van der Waals surface area contributed by atoms with E-state index in [9.17, 15) is 8.42 Å². The lowest BCUT2D eigenvalue weighted by atomic mass is 10.2. The molecule has 0 saturated carbocycles. The van der Waals surface area contributed by atoms with E-state index in [-0.39, 0.29) is 31.1 Å². The highest BCUT2D eigenvalue weighted by atomic mass is 32.2. The summed E-state index contributed by atoms with van der Waals surface area (Å²) >= 11 is 0. The molecule has 0 saturated heterocycles. The number of hydrogen-bond donors (Lipinski definition) is 1. The van der Waals surface area contributed by atoms with Gasteiger partial charge < -0.3 is 14.2 Å². The van der Waals surface area contributed by atoms with Crippen molar-refractivity contribution in [2.45, 2.75) is 51.2 Å². The second-order valence-electron chi connectivity index (χ2n) is 8.56. The van der Waals surface area contributed by atoms with Gasteiger partial charge in [-0.1, -0.05) is 0 Å². The smallest absolute Gasteiger partial charge is 0.240 e. The van der Waals surface area contributed by atoms with E-state index in [1.807, 2.05) is 20.8 Å². The van der Waals surface area contributed by atoms with Crippen molar-refractivity contribution in [3.63, 3.8) is 0 Å². The zero-order valence-electron chi connectivity index (χ0n) is 20.2. The Kier molecular flexibility index (Phi) is 7.28. The summed E-state index contributed by atoms with van der Waals surface area (Å²) in [4.78, 5) is 13.0. The highest BCUT2D eigenvalue weighted by Gasteiger charge is 2.37. The van der Waals surface area contributed by atoms with Crippen molar-refractivity contribution in [3.8, 4) is 17.3 Å². The van der Waals surface area contributed by atoms with Crippen LogP contribution in [0.3, 0.4) is 0 Å². The molecule has 0 radical (unpaired) electrons. The first-order valence-corrected chi connectivity index (χ1v) is 12.7. The van der Waals surface area contributed by atoms with Gasteiger partial charge in [0.2, 0.25) is 16.0 Å². The van der Waals surface area contributed by atoms with Crippen molar-refractivity contribution in [2.75, 3.05) is 25.0 Å². The lowest BCUT2D eigenvalue weighted by Gasteiger charge is -2.26. The van der Waals surface area contributed by atoms with Crippen LogP contribution >= 0.6 is 0 Å². The van der Waals surface area contributed by atoms with Gasteiger partial charge in [0.15, 0.2) is 11.6 Å². The average molecular weight is 504 g/mol. The van der Waals surface area contributed by atoms with Gasteiger partial charge in [-0.15, -0.1) is 10.2 Å². The third-order valence-corrected chi connectivity index (χ3v) is 7.15. The van der Waals surface area contributed by atoms with Crippen molar-refractivity contribution < 1.29 is 22.6 Å². The zero-order chi connectivity index (χ0) is 25.2. The van der Waals surface area contributed by atoms with E-state index in [4.69, 9.17) is 14.2 Å². The van der Waals surface area contributed by atoms with E-state index in [0.717, 1.165) is 5.56 Å².